The second kappa shape index (κ2) is 8.30. The highest BCUT2D eigenvalue weighted by molar-refractivity contribution is 5.37. The quantitative estimate of drug-likeness (QED) is 0.637. The van der Waals surface area contributed by atoms with Gasteiger partial charge in [0, 0.05) is 5.56 Å². The zero-order valence-electron chi connectivity index (χ0n) is 16.4. The first-order chi connectivity index (χ1) is 10.5. The van der Waals surface area contributed by atoms with E-state index in [1.807, 2.05) is 6.07 Å². The summed E-state index contributed by atoms with van der Waals surface area (Å²) in [5, 5.41) is 10.7. The Morgan fingerprint density at radius 2 is 1.65 bits per heavy atom. The number of aryl methyl sites for hydroxylation is 2. The summed E-state index contributed by atoms with van der Waals surface area (Å²) in [6.45, 7) is 17.4. The van der Waals surface area contributed by atoms with Gasteiger partial charge in [0.25, 0.3) is 0 Å². The molecule has 0 fully saturated rings. The zero-order valence-corrected chi connectivity index (χ0v) is 16.4. The summed E-state index contributed by atoms with van der Waals surface area (Å²) in [6, 6.07) is 4.19. The number of ether oxygens (including phenoxy) is 1. The van der Waals surface area contributed by atoms with Crippen molar-refractivity contribution in [2.45, 2.75) is 87.0 Å². The van der Waals surface area contributed by atoms with Gasteiger partial charge in [0.1, 0.15) is 0 Å². The fraction of sp³-hybridized carbons (Fsp3) is 0.714. The number of benzene rings is 1. The maximum atomic E-state index is 10.7. The number of rotatable bonds is 7. The summed E-state index contributed by atoms with van der Waals surface area (Å²) in [6.07, 6.45) is 2.33. The van der Waals surface area contributed by atoms with E-state index in [4.69, 9.17) is 4.74 Å². The number of aliphatic hydroxyl groups is 1. The van der Waals surface area contributed by atoms with Crippen molar-refractivity contribution in [3.63, 3.8) is 0 Å². The Morgan fingerprint density at radius 1 is 1.04 bits per heavy atom. The molecule has 0 bridgehead atoms. The molecule has 1 rings (SSSR count). The average Bonchev–Trinajstić information content (AvgIpc) is 2.38. The largest absolute Gasteiger partial charge is 0.364 e. The van der Waals surface area contributed by atoms with Gasteiger partial charge in [0.2, 0.25) is 0 Å². The molecule has 2 nitrogen and oxygen atoms in total. The van der Waals surface area contributed by atoms with Crippen LogP contribution in [0.4, 0.5) is 0 Å². The van der Waals surface area contributed by atoms with E-state index in [1.54, 1.807) is 0 Å². The Labute approximate surface area is 143 Å². The molecule has 0 saturated carbocycles. The molecule has 0 radical (unpaired) electrons. The van der Waals surface area contributed by atoms with Gasteiger partial charge in [-0.2, -0.15) is 0 Å². The van der Waals surface area contributed by atoms with Crippen LogP contribution >= 0.6 is 0 Å². The summed E-state index contributed by atoms with van der Waals surface area (Å²) in [4.78, 5) is 0. The van der Waals surface area contributed by atoms with E-state index >= 15 is 0 Å². The van der Waals surface area contributed by atoms with E-state index in [-0.39, 0.29) is 11.5 Å². The topological polar surface area (TPSA) is 29.5 Å². The lowest BCUT2D eigenvalue weighted by atomic mass is 9.87. The van der Waals surface area contributed by atoms with E-state index in [9.17, 15) is 5.11 Å². The van der Waals surface area contributed by atoms with Crippen molar-refractivity contribution in [1.82, 2.24) is 0 Å². The van der Waals surface area contributed by atoms with Crippen molar-refractivity contribution in [2.75, 3.05) is 0 Å². The van der Waals surface area contributed by atoms with E-state index in [0.717, 1.165) is 30.4 Å². The Balaban J connectivity index is 2.89. The second-order valence-electron chi connectivity index (χ2n) is 8.64. The number of aliphatic hydroxyl groups excluding tert-OH is 1. The first-order valence-corrected chi connectivity index (χ1v) is 8.91. The third-order valence-corrected chi connectivity index (χ3v) is 4.35. The predicted molar refractivity (Wildman–Crippen MR) is 98.6 cm³/mol. The van der Waals surface area contributed by atoms with E-state index < -0.39 is 6.29 Å². The molecule has 1 aromatic rings. The zero-order chi connectivity index (χ0) is 17.8. The van der Waals surface area contributed by atoms with Gasteiger partial charge >= 0.3 is 0 Å². The molecule has 0 aliphatic rings. The molecule has 1 N–H and O–H groups in total. The molecule has 0 saturated heterocycles. The molecule has 0 aliphatic heterocycles. The molecule has 0 amide bonds. The summed E-state index contributed by atoms with van der Waals surface area (Å²) in [7, 11) is 0. The van der Waals surface area contributed by atoms with E-state index in [1.165, 1.54) is 11.1 Å². The summed E-state index contributed by atoms with van der Waals surface area (Å²) in [5.41, 5.74) is 4.60. The fourth-order valence-corrected chi connectivity index (χ4v) is 3.01. The maximum Gasteiger partial charge on any atom is 0.181 e. The minimum atomic E-state index is -0.840. The Hall–Kier alpha value is -0.860. The maximum absolute atomic E-state index is 10.7. The monoisotopic (exact) mass is 320 g/mol. The summed E-state index contributed by atoms with van der Waals surface area (Å²) in [5.74, 6) is 0.654. The minimum Gasteiger partial charge on any atom is -0.364 e. The van der Waals surface area contributed by atoms with Crippen LogP contribution in [-0.4, -0.2) is 11.2 Å². The molecule has 23 heavy (non-hydrogen) atoms. The smallest absolute Gasteiger partial charge is 0.181 e. The van der Waals surface area contributed by atoms with Crippen LogP contribution in [0.1, 0.15) is 82.4 Å². The van der Waals surface area contributed by atoms with Crippen LogP contribution in [0.2, 0.25) is 0 Å². The number of hydrogen-bond acceptors (Lipinski definition) is 2. The number of hydrogen-bond donors (Lipinski definition) is 1. The minimum absolute atomic E-state index is 0.0904. The molecule has 0 aromatic heterocycles. The van der Waals surface area contributed by atoms with Gasteiger partial charge in [-0.05, 0) is 62.5 Å². The molecule has 0 heterocycles. The Kier molecular flexibility index (Phi) is 7.29. The van der Waals surface area contributed by atoms with Crippen molar-refractivity contribution < 1.29 is 9.84 Å². The third kappa shape index (κ3) is 7.05. The van der Waals surface area contributed by atoms with Crippen molar-refractivity contribution in [3.8, 4) is 0 Å². The predicted octanol–water partition coefficient (Wildman–Crippen LogP) is 5.86. The summed E-state index contributed by atoms with van der Waals surface area (Å²) < 4.78 is 6.11. The molecule has 1 aromatic carbocycles. The normalized spacial score (nSPS) is 15.0. The van der Waals surface area contributed by atoms with Crippen LogP contribution in [0.15, 0.2) is 12.1 Å². The van der Waals surface area contributed by atoms with Gasteiger partial charge in [-0.3, -0.25) is 0 Å². The molecule has 2 atom stereocenters. The molecular weight excluding hydrogens is 284 g/mol. The Morgan fingerprint density at radius 3 is 2.17 bits per heavy atom. The lowest BCUT2D eigenvalue weighted by Crippen LogP contribution is -2.24. The highest BCUT2D eigenvalue weighted by atomic mass is 16.6. The highest BCUT2D eigenvalue weighted by Gasteiger charge is 2.23. The van der Waals surface area contributed by atoms with Crippen LogP contribution in [0.3, 0.4) is 0 Å². The van der Waals surface area contributed by atoms with Gasteiger partial charge in [0.15, 0.2) is 6.29 Å². The lowest BCUT2D eigenvalue weighted by Gasteiger charge is -2.29. The standard InChI is InChI=1S/C21H36O2/c1-14(2)9-10-18(13-21(6,7)8)23-20(22)19-12-15(3)11-16(4)17(19)5/h11-12,14,18,20,22H,9-10,13H2,1-8H3. The molecular formula is C21H36O2. The van der Waals surface area contributed by atoms with Gasteiger partial charge in [0.05, 0.1) is 6.10 Å². The molecule has 132 valence electrons. The average molecular weight is 321 g/mol. The molecule has 0 spiro atoms. The van der Waals surface area contributed by atoms with Crippen LogP contribution in [0.25, 0.3) is 0 Å². The fourth-order valence-electron chi connectivity index (χ4n) is 3.01. The van der Waals surface area contributed by atoms with Crippen molar-refractivity contribution >= 4 is 0 Å². The second-order valence-corrected chi connectivity index (χ2v) is 8.64. The van der Waals surface area contributed by atoms with Crippen LogP contribution < -0.4 is 0 Å². The van der Waals surface area contributed by atoms with Crippen molar-refractivity contribution in [3.05, 3.63) is 34.4 Å². The Bertz CT molecular complexity index is 497. The van der Waals surface area contributed by atoms with Gasteiger partial charge in [-0.15, -0.1) is 0 Å². The first-order valence-electron chi connectivity index (χ1n) is 8.91. The summed E-state index contributed by atoms with van der Waals surface area (Å²) >= 11 is 0. The van der Waals surface area contributed by atoms with E-state index in [2.05, 4.69) is 61.5 Å². The molecule has 2 unspecified atom stereocenters. The van der Waals surface area contributed by atoms with Crippen LogP contribution in [-0.2, 0) is 4.74 Å². The van der Waals surface area contributed by atoms with E-state index in [0.29, 0.717) is 5.92 Å². The van der Waals surface area contributed by atoms with Crippen molar-refractivity contribution in [2.24, 2.45) is 11.3 Å². The van der Waals surface area contributed by atoms with Gasteiger partial charge in [-0.25, -0.2) is 0 Å². The first kappa shape index (κ1) is 20.2. The SMILES string of the molecule is Cc1cc(C)c(C)c(C(O)OC(CCC(C)C)CC(C)(C)C)c1. The van der Waals surface area contributed by atoms with Gasteiger partial charge < -0.3 is 9.84 Å². The molecule has 0 aliphatic carbocycles. The van der Waals surface area contributed by atoms with Crippen LogP contribution in [0.5, 0.6) is 0 Å². The van der Waals surface area contributed by atoms with Gasteiger partial charge in [-0.1, -0.05) is 52.3 Å². The van der Waals surface area contributed by atoms with Crippen molar-refractivity contribution in [1.29, 1.82) is 0 Å². The molecule has 2 heteroatoms. The van der Waals surface area contributed by atoms with Crippen LogP contribution in [0, 0.1) is 32.1 Å². The highest BCUT2D eigenvalue weighted by Crippen LogP contribution is 2.30. The lowest BCUT2D eigenvalue weighted by molar-refractivity contribution is -0.150. The third-order valence-electron chi connectivity index (χ3n) is 4.35.